The second-order valence-corrected chi connectivity index (χ2v) is 6.89. The van der Waals surface area contributed by atoms with Crippen LogP contribution in [0.25, 0.3) is 0 Å². The molecule has 2 heterocycles. The van der Waals surface area contributed by atoms with E-state index in [1.165, 1.54) is 24.8 Å². The van der Waals surface area contributed by atoms with Crippen molar-refractivity contribution in [1.29, 1.82) is 0 Å². The summed E-state index contributed by atoms with van der Waals surface area (Å²) in [6.45, 7) is 3.65. The average molecular weight is 386 g/mol. The third-order valence-corrected chi connectivity index (χ3v) is 5.07. The van der Waals surface area contributed by atoms with Crippen molar-refractivity contribution >= 4 is 11.9 Å². The molecule has 0 saturated carbocycles. The van der Waals surface area contributed by atoms with Gasteiger partial charge in [-0.2, -0.15) is 13.2 Å². The first kappa shape index (κ1) is 21.2. The molecule has 1 amide bonds. The van der Waals surface area contributed by atoms with Crippen LogP contribution in [0, 0.1) is 0 Å². The number of carboxylic acid groups (broad SMARTS) is 1. The fourth-order valence-electron chi connectivity index (χ4n) is 3.84. The second kappa shape index (κ2) is 9.21. The number of alkyl halides is 3. The van der Waals surface area contributed by atoms with Gasteiger partial charge in [-0.05, 0) is 24.9 Å². The van der Waals surface area contributed by atoms with Crippen LogP contribution in [0.5, 0.6) is 0 Å². The second-order valence-electron chi connectivity index (χ2n) is 6.89. The number of amides is 1. The number of hydrogen-bond acceptors (Lipinski definition) is 3. The highest BCUT2D eigenvalue weighted by molar-refractivity contribution is 5.74. The number of carbonyl (C=O) groups excluding carboxylic acids is 1. The van der Waals surface area contributed by atoms with Gasteiger partial charge < -0.3 is 15.3 Å². The number of rotatable bonds is 1. The number of nitrogens with zero attached hydrogens (tertiary/aromatic N) is 1. The number of carbonyl (C=O) groups is 2. The van der Waals surface area contributed by atoms with Crippen molar-refractivity contribution in [2.45, 2.75) is 56.8 Å². The largest absolute Gasteiger partial charge is 0.490 e. The molecule has 3 unspecified atom stereocenters. The summed E-state index contributed by atoms with van der Waals surface area (Å²) in [6.07, 6.45) is -0.169. The summed E-state index contributed by atoms with van der Waals surface area (Å²) in [6, 6.07) is 11.5. The third-order valence-electron chi connectivity index (χ3n) is 5.07. The van der Waals surface area contributed by atoms with Gasteiger partial charge in [0.2, 0.25) is 5.91 Å². The van der Waals surface area contributed by atoms with Gasteiger partial charge in [0.1, 0.15) is 0 Å². The summed E-state index contributed by atoms with van der Waals surface area (Å²) in [5.41, 5.74) is 1.36. The quantitative estimate of drug-likeness (QED) is 0.778. The Bertz CT molecular complexity index is 637. The molecule has 0 radical (unpaired) electrons. The van der Waals surface area contributed by atoms with E-state index in [1.54, 1.807) is 6.92 Å². The molecule has 0 aliphatic carbocycles. The Balaban J connectivity index is 0.000000321. The first-order valence-corrected chi connectivity index (χ1v) is 9.07. The summed E-state index contributed by atoms with van der Waals surface area (Å²) in [5.74, 6) is -2.10. The van der Waals surface area contributed by atoms with Crippen molar-refractivity contribution in [3.63, 3.8) is 0 Å². The number of likely N-dealkylation sites (tertiary alicyclic amines) is 1. The number of benzene rings is 1. The van der Waals surface area contributed by atoms with Gasteiger partial charge in [-0.1, -0.05) is 43.2 Å². The van der Waals surface area contributed by atoms with Crippen LogP contribution in [-0.2, 0) is 9.59 Å². The third kappa shape index (κ3) is 5.69. The van der Waals surface area contributed by atoms with Crippen molar-refractivity contribution in [3.8, 4) is 0 Å². The van der Waals surface area contributed by atoms with Crippen LogP contribution in [0.1, 0.15) is 44.1 Å². The zero-order chi connectivity index (χ0) is 20.0. The summed E-state index contributed by atoms with van der Waals surface area (Å²) in [4.78, 5) is 23.0. The first-order valence-electron chi connectivity index (χ1n) is 9.07. The number of halogens is 3. The molecular formula is C19H25F3N2O3. The van der Waals surface area contributed by atoms with Crippen molar-refractivity contribution in [2.24, 2.45) is 0 Å². The molecule has 5 nitrogen and oxygen atoms in total. The molecule has 2 aliphatic rings. The van der Waals surface area contributed by atoms with Crippen molar-refractivity contribution in [3.05, 3.63) is 35.9 Å². The number of fused-ring (bicyclic) bond motifs is 1. The van der Waals surface area contributed by atoms with E-state index in [0.29, 0.717) is 18.0 Å². The predicted octanol–water partition coefficient (Wildman–Crippen LogP) is 3.17. The molecule has 2 N–H and O–H groups in total. The lowest BCUT2D eigenvalue weighted by Crippen LogP contribution is -2.46. The van der Waals surface area contributed by atoms with Crippen molar-refractivity contribution in [2.75, 3.05) is 13.1 Å². The Morgan fingerprint density at radius 2 is 1.78 bits per heavy atom. The Hall–Kier alpha value is -2.09. The van der Waals surface area contributed by atoms with Gasteiger partial charge in [0.05, 0.1) is 0 Å². The molecule has 2 aliphatic heterocycles. The topological polar surface area (TPSA) is 69.6 Å². The van der Waals surface area contributed by atoms with Crippen LogP contribution in [0.4, 0.5) is 13.2 Å². The van der Waals surface area contributed by atoms with E-state index in [4.69, 9.17) is 9.90 Å². The minimum atomic E-state index is -5.08. The van der Waals surface area contributed by atoms with Gasteiger partial charge in [-0.3, -0.25) is 4.79 Å². The fourth-order valence-corrected chi connectivity index (χ4v) is 3.84. The molecule has 0 aromatic heterocycles. The van der Waals surface area contributed by atoms with Crippen LogP contribution in [0.15, 0.2) is 30.3 Å². The number of aliphatic carboxylic acids is 1. The van der Waals surface area contributed by atoms with Gasteiger partial charge in [0, 0.05) is 31.5 Å². The lowest BCUT2D eigenvalue weighted by atomic mass is 9.88. The monoisotopic (exact) mass is 386 g/mol. The molecule has 27 heavy (non-hydrogen) atoms. The Kier molecular flexibility index (Phi) is 7.24. The molecule has 3 atom stereocenters. The van der Waals surface area contributed by atoms with Crippen molar-refractivity contribution in [1.82, 2.24) is 10.2 Å². The standard InChI is InChI=1S/C17H24N2O.C2HF3O2/c1-13(20)19-12-15(14-8-4-2-5-9-14)17-16(19)10-6-3-7-11-18-17;3-2(4,5)1(6)7/h2,4-5,8-9,15-18H,3,6-7,10-12H2,1H3;(H,6,7). The van der Waals surface area contributed by atoms with Crippen LogP contribution in [-0.4, -0.2) is 53.2 Å². The van der Waals surface area contributed by atoms with E-state index in [9.17, 15) is 18.0 Å². The van der Waals surface area contributed by atoms with Gasteiger partial charge in [-0.15, -0.1) is 0 Å². The molecule has 1 aromatic carbocycles. The average Bonchev–Trinajstić information content (AvgIpc) is 2.93. The lowest BCUT2D eigenvalue weighted by Gasteiger charge is -2.30. The summed E-state index contributed by atoms with van der Waals surface area (Å²) in [7, 11) is 0. The number of nitrogens with one attached hydrogen (secondary N) is 1. The van der Waals surface area contributed by atoms with Gasteiger partial charge in [0.15, 0.2) is 0 Å². The molecule has 1 aromatic rings. The zero-order valence-electron chi connectivity index (χ0n) is 15.2. The minimum absolute atomic E-state index is 0.223. The predicted molar refractivity (Wildman–Crippen MR) is 94.3 cm³/mol. The van der Waals surface area contributed by atoms with Crippen LogP contribution < -0.4 is 5.32 Å². The molecule has 2 fully saturated rings. The number of hydrogen-bond donors (Lipinski definition) is 2. The SMILES string of the molecule is CC(=O)N1CC(c2ccccc2)C2NCCCCCC21.O=C(O)C(F)(F)F. The highest BCUT2D eigenvalue weighted by Gasteiger charge is 2.43. The molecule has 0 bridgehead atoms. The normalized spacial score (nSPS) is 25.5. The lowest BCUT2D eigenvalue weighted by molar-refractivity contribution is -0.192. The van der Waals surface area contributed by atoms with Crippen LogP contribution >= 0.6 is 0 Å². The Morgan fingerprint density at radius 3 is 2.33 bits per heavy atom. The first-order chi connectivity index (χ1) is 12.7. The number of carboxylic acids is 1. The Morgan fingerprint density at radius 1 is 1.15 bits per heavy atom. The zero-order valence-corrected chi connectivity index (χ0v) is 15.2. The van der Waals surface area contributed by atoms with E-state index in [1.807, 2.05) is 0 Å². The highest BCUT2D eigenvalue weighted by atomic mass is 19.4. The molecule has 2 saturated heterocycles. The summed E-state index contributed by atoms with van der Waals surface area (Å²) in [5, 5.41) is 10.8. The minimum Gasteiger partial charge on any atom is -0.475 e. The summed E-state index contributed by atoms with van der Waals surface area (Å²) >= 11 is 0. The van der Waals surface area contributed by atoms with Crippen molar-refractivity contribution < 1.29 is 27.9 Å². The molecule has 150 valence electrons. The molecular weight excluding hydrogens is 361 g/mol. The van der Waals surface area contributed by atoms with Crippen LogP contribution in [0.3, 0.4) is 0 Å². The summed E-state index contributed by atoms with van der Waals surface area (Å²) < 4.78 is 31.7. The maximum absolute atomic E-state index is 12.0. The van der Waals surface area contributed by atoms with E-state index in [0.717, 1.165) is 19.5 Å². The van der Waals surface area contributed by atoms with E-state index >= 15 is 0 Å². The molecule has 3 rings (SSSR count). The maximum atomic E-state index is 12.0. The molecule has 0 spiro atoms. The Labute approximate surface area is 156 Å². The fraction of sp³-hybridized carbons (Fsp3) is 0.579. The van der Waals surface area contributed by atoms with Gasteiger partial charge >= 0.3 is 12.1 Å². The van der Waals surface area contributed by atoms with Gasteiger partial charge in [0.25, 0.3) is 0 Å². The van der Waals surface area contributed by atoms with E-state index in [-0.39, 0.29) is 5.91 Å². The van der Waals surface area contributed by atoms with E-state index in [2.05, 4.69) is 40.5 Å². The van der Waals surface area contributed by atoms with E-state index < -0.39 is 12.1 Å². The van der Waals surface area contributed by atoms with Gasteiger partial charge in [-0.25, -0.2) is 4.79 Å². The van der Waals surface area contributed by atoms with Crippen LogP contribution in [0.2, 0.25) is 0 Å². The smallest absolute Gasteiger partial charge is 0.475 e. The highest BCUT2D eigenvalue weighted by Crippen LogP contribution is 2.35. The molecule has 8 heteroatoms. The maximum Gasteiger partial charge on any atom is 0.490 e.